The van der Waals surface area contributed by atoms with Gasteiger partial charge in [0, 0.05) is 26.1 Å². The van der Waals surface area contributed by atoms with Crippen LogP contribution in [-0.4, -0.2) is 41.6 Å². The Hall–Kier alpha value is -1.77. The molecule has 0 aromatic rings. The summed E-state index contributed by atoms with van der Waals surface area (Å²) in [5.74, 6) is -0.518. The van der Waals surface area contributed by atoms with Crippen molar-refractivity contribution in [1.82, 2.24) is 10.2 Å². The van der Waals surface area contributed by atoms with Crippen LogP contribution in [0.4, 0.5) is 4.79 Å². The molecule has 0 aromatic heterocycles. The van der Waals surface area contributed by atoms with Crippen molar-refractivity contribution in [1.29, 1.82) is 5.26 Å². The van der Waals surface area contributed by atoms with Crippen LogP contribution < -0.4 is 5.32 Å². The number of aliphatic carboxylic acids is 1. The van der Waals surface area contributed by atoms with Crippen molar-refractivity contribution in [2.45, 2.75) is 39.5 Å². The molecule has 0 aliphatic heterocycles. The molecule has 19 heavy (non-hydrogen) atoms. The minimum Gasteiger partial charge on any atom is -0.481 e. The van der Waals surface area contributed by atoms with Crippen molar-refractivity contribution in [3.63, 3.8) is 0 Å². The molecule has 2 amide bonds. The number of carboxylic acid groups (broad SMARTS) is 1. The molecule has 0 rings (SSSR count). The Bertz CT molecular complexity index is 326. The highest BCUT2D eigenvalue weighted by Gasteiger charge is 2.11. The molecule has 2 N–H and O–H groups in total. The summed E-state index contributed by atoms with van der Waals surface area (Å²) in [6, 6.07) is 1.85. The first-order valence-electron chi connectivity index (χ1n) is 6.62. The van der Waals surface area contributed by atoms with E-state index in [2.05, 4.69) is 5.32 Å². The van der Waals surface area contributed by atoms with Gasteiger partial charge in [-0.25, -0.2) is 4.79 Å². The summed E-state index contributed by atoms with van der Waals surface area (Å²) in [6.45, 7) is 5.38. The third kappa shape index (κ3) is 8.89. The highest BCUT2D eigenvalue weighted by Crippen LogP contribution is 2.09. The van der Waals surface area contributed by atoms with Gasteiger partial charge in [-0.15, -0.1) is 0 Å². The Morgan fingerprint density at radius 3 is 2.63 bits per heavy atom. The van der Waals surface area contributed by atoms with Gasteiger partial charge in [0.1, 0.15) is 0 Å². The van der Waals surface area contributed by atoms with Crippen molar-refractivity contribution in [3.8, 4) is 6.07 Å². The molecule has 0 radical (unpaired) electrons. The summed E-state index contributed by atoms with van der Waals surface area (Å²) < 4.78 is 0. The number of carbonyl (C=O) groups is 2. The zero-order chi connectivity index (χ0) is 14.7. The second-order valence-corrected chi connectivity index (χ2v) is 4.55. The van der Waals surface area contributed by atoms with Gasteiger partial charge in [-0.3, -0.25) is 4.79 Å². The van der Waals surface area contributed by atoms with E-state index in [0.717, 1.165) is 6.42 Å². The average Bonchev–Trinajstić information content (AvgIpc) is 2.37. The molecule has 6 nitrogen and oxygen atoms in total. The number of nitrogens with one attached hydrogen (secondary N) is 1. The lowest BCUT2D eigenvalue weighted by molar-refractivity contribution is -0.137. The molecule has 0 aromatic carbocycles. The molecule has 0 aliphatic carbocycles. The van der Waals surface area contributed by atoms with Gasteiger partial charge in [0.05, 0.1) is 12.5 Å². The molecule has 0 heterocycles. The minimum absolute atomic E-state index is 0.164. The number of hydrogen-bond donors (Lipinski definition) is 2. The molecule has 1 atom stereocenters. The van der Waals surface area contributed by atoms with Gasteiger partial charge in [0.15, 0.2) is 0 Å². The number of carboxylic acids is 1. The Labute approximate surface area is 114 Å². The first kappa shape index (κ1) is 17.2. The number of nitriles is 1. The van der Waals surface area contributed by atoms with E-state index in [-0.39, 0.29) is 18.4 Å². The molecule has 0 saturated heterocycles. The zero-order valence-electron chi connectivity index (χ0n) is 11.7. The van der Waals surface area contributed by atoms with E-state index in [1.165, 1.54) is 0 Å². The summed E-state index contributed by atoms with van der Waals surface area (Å²) in [4.78, 5) is 23.7. The number of urea groups is 1. The summed E-state index contributed by atoms with van der Waals surface area (Å²) in [5, 5.41) is 19.8. The number of amides is 2. The molecular weight excluding hydrogens is 246 g/mol. The van der Waals surface area contributed by atoms with Gasteiger partial charge < -0.3 is 15.3 Å². The highest BCUT2D eigenvalue weighted by molar-refractivity contribution is 5.74. The molecule has 0 aliphatic rings. The van der Waals surface area contributed by atoms with Crippen LogP contribution in [0.15, 0.2) is 0 Å². The summed E-state index contributed by atoms with van der Waals surface area (Å²) >= 11 is 0. The van der Waals surface area contributed by atoms with Crippen LogP contribution in [0.3, 0.4) is 0 Å². The number of rotatable bonds is 9. The van der Waals surface area contributed by atoms with E-state index in [1.54, 1.807) is 4.90 Å². The van der Waals surface area contributed by atoms with Crippen LogP contribution in [0, 0.1) is 17.2 Å². The second-order valence-electron chi connectivity index (χ2n) is 4.55. The molecule has 0 saturated carbocycles. The lowest BCUT2D eigenvalue weighted by atomic mass is 10.0. The predicted molar refractivity (Wildman–Crippen MR) is 71.5 cm³/mol. The molecular formula is C13H23N3O3. The maximum absolute atomic E-state index is 11.7. The Balaban J connectivity index is 3.82. The van der Waals surface area contributed by atoms with Gasteiger partial charge in [-0.2, -0.15) is 5.26 Å². The van der Waals surface area contributed by atoms with Gasteiger partial charge in [-0.05, 0) is 25.7 Å². The van der Waals surface area contributed by atoms with Crippen LogP contribution in [0.1, 0.15) is 39.5 Å². The molecule has 6 heteroatoms. The van der Waals surface area contributed by atoms with Gasteiger partial charge in [0.25, 0.3) is 0 Å². The van der Waals surface area contributed by atoms with E-state index in [0.29, 0.717) is 32.5 Å². The van der Waals surface area contributed by atoms with Crippen molar-refractivity contribution >= 4 is 12.0 Å². The van der Waals surface area contributed by atoms with E-state index in [4.69, 9.17) is 10.4 Å². The van der Waals surface area contributed by atoms with E-state index < -0.39 is 5.97 Å². The predicted octanol–water partition coefficient (Wildman–Crippen LogP) is 1.82. The largest absolute Gasteiger partial charge is 0.481 e. The quantitative estimate of drug-likeness (QED) is 0.667. The molecule has 108 valence electrons. The van der Waals surface area contributed by atoms with Crippen LogP contribution >= 0.6 is 0 Å². The third-order valence-electron chi connectivity index (χ3n) is 2.93. The molecule has 0 fully saturated rings. The number of carbonyl (C=O) groups excluding carboxylic acids is 1. The summed E-state index contributed by atoms with van der Waals surface area (Å²) in [6.07, 6.45) is 1.88. The smallest absolute Gasteiger partial charge is 0.317 e. The lowest BCUT2D eigenvalue weighted by Crippen LogP contribution is -2.41. The average molecular weight is 269 g/mol. The van der Waals surface area contributed by atoms with Gasteiger partial charge in [-0.1, -0.05) is 6.92 Å². The Morgan fingerprint density at radius 1 is 1.42 bits per heavy atom. The van der Waals surface area contributed by atoms with Crippen molar-refractivity contribution < 1.29 is 14.7 Å². The monoisotopic (exact) mass is 269 g/mol. The number of hydrogen-bond acceptors (Lipinski definition) is 3. The maximum atomic E-state index is 11.7. The third-order valence-corrected chi connectivity index (χ3v) is 2.93. The van der Waals surface area contributed by atoms with Crippen molar-refractivity contribution in [3.05, 3.63) is 0 Å². The lowest BCUT2D eigenvalue weighted by Gasteiger charge is -2.20. The molecule has 0 spiro atoms. The first-order chi connectivity index (χ1) is 9.01. The normalized spacial score (nSPS) is 11.4. The zero-order valence-corrected chi connectivity index (χ0v) is 11.7. The van der Waals surface area contributed by atoms with Crippen LogP contribution in [0.2, 0.25) is 0 Å². The van der Waals surface area contributed by atoms with E-state index >= 15 is 0 Å². The first-order valence-corrected chi connectivity index (χ1v) is 6.62. The fraction of sp³-hybridized carbons (Fsp3) is 0.769. The minimum atomic E-state index is -0.787. The Kier molecular flexibility index (Phi) is 9.23. The van der Waals surface area contributed by atoms with E-state index in [9.17, 15) is 9.59 Å². The standard InChI is InChI=1S/C13H23N3O3/c1-3-16(10-4-8-14)13(19)15-9-7-11(2)5-6-12(17)18/h11H,3-7,9-10H2,1-2H3,(H,15,19)(H,17,18). The summed E-state index contributed by atoms with van der Waals surface area (Å²) in [5.41, 5.74) is 0. The second kappa shape index (κ2) is 10.2. The summed E-state index contributed by atoms with van der Waals surface area (Å²) in [7, 11) is 0. The Morgan fingerprint density at radius 2 is 2.11 bits per heavy atom. The number of nitrogens with zero attached hydrogens (tertiary/aromatic N) is 2. The molecule has 0 bridgehead atoms. The van der Waals surface area contributed by atoms with Gasteiger partial charge >= 0.3 is 12.0 Å². The fourth-order valence-corrected chi connectivity index (χ4v) is 1.64. The van der Waals surface area contributed by atoms with Crippen molar-refractivity contribution in [2.75, 3.05) is 19.6 Å². The SMILES string of the molecule is CCN(CCC#N)C(=O)NCCC(C)CCC(=O)O. The van der Waals surface area contributed by atoms with Crippen molar-refractivity contribution in [2.24, 2.45) is 5.92 Å². The highest BCUT2D eigenvalue weighted by atomic mass is 16.4. The van der Waals surface area contributed by atoms with Crippen LogP contribution in [0.5, 0.6) is 0 Å². The molecule has 1 unspecified atom stereocenters. The maximum Gasteiger partial charge on any atom is 0.317 e. The van der Waals surface area contributed by atoms with Crippen LogP contribution in [0.25, 0.3) is 0 Å². The van der Waals surface area contributed by atoms with E-state index in [1.807, 2.05) is 19.9 Å². The fourth-order valence-electron chi connectivity index (χ4n) is 1.64. The van der Waals surface area contributed by atoms with Gasteiger partial charge in [0.2, 0.25) is 0 Å². The topological polar surface area (TPSA) is 93.4 Å². The van der Waals surface area contributed by atoms with Crippen LogP contribution in [-0.2, 0) is 4.79 Å².